The summed E-state index contributed by atoms with van der Waals surface area (Å²) in [7, 11) is 1.42. The molecule has 0 saturated heterocycles. The van der Waals surface area contributed by atoms with Crippen LogP contribution in [0.3, 0.4) is 0 Å². The van der Waals surface area contributed by atoms with Gasteiger partial charge in [-0.2, -0.15) is 5.26 Å². The second-order valence-corrected chi connectivity index (χ2v) is 5.97. The highest BCUT2D eigenvalue weighted by Gasteiger charge is 2.12. The number of hydrogen-bond donors (Lipinski definition) is 1. The summed E-state index contributed by atoms with van der Waals surface area (Å²) < 4.78 is 11.4. The molecule has 0 aliphatic carbocycles. The Kier molecular flexibility index (Phi) is 5.90. The maximum Gasteiger partial charge on any atom is 0.331 e. The molecule has 0 unspecified atom stereocenters. The predicted octanol–water partition coefficient (Wildman–Crippen LogP) is 2.39. The number of methoxy groups -OCH3 is 1. The molecule has 0 amide bonds. The number of fused-ring (bicyclic) bond motifs is 1. The predicted molar refractivity (Wildman–Crippen MR) is 105 cm³/mol. The number of carbonyl (C=O) groups is 1. The molecule has 0 aliphatic heterocycles. The second-order valence-electron chi connectivity index (χ2n) is 5.97. The second kappa shape index (κ2) is 8.71. The van der Waals surface area contributed by atoms with Crippen molar-refractivity contribution in [3.05, 3.63) is 70.3 Å². The average molecular weight is 391 g/mol. The van der Waals surface area contributed by atoms with Crippen LogP contribution in [0.25, 0.3) is 17.0 Å². The van der Waals surface area contributed by atoms with Gasteiger partial charge in [0.05, 0.1) is 24.1 Å². The molecule has 0 radical (unpaired) electrons. The van der Waals surface area contributed by atoms with E-state index < -0.39 is 5.97 Å². The van der Waals surface area contributed by atoms with E-state index in [4.69, 9.17) is 14.7 Å². The summed E-state index contributed by atoms with van der Waals surface area (Å²) in [6, 6.07) is 13.3. The number of phenols is 1. The van der Waals surface area contributed by atoms with Crippen molar-refractivity contribution in [3.8, 4) is 17.6 Å². The fourth-order valence-electron chi connectivity index (χ4n) is 2.70. The zero-order valence-electron chi connectivity index (χ0n) is 15.5. The summed E-state index contributed by atoms with van der Waals surface area (Å²) >= 11 is 0. The van der Waals surface area contributed by atoms with E-state index in [0.717, 1.165) is 0 Å². The van der Waals surface area contributed by atoms with Gasteiger partial charge in [0, 0.05) is 6.08 Å². The Morgan fingerprint density at radius 1 is 1.31 bits per heavy atom. The van der Waals surface area contributed by atoms with Gasteiger partial charge in [-0.3, -0.25) is 9.36 Å². The molecule has 2 aromatic carbocycles. The third-order valence-electron chi connectivity index (χ3n) is 4.13. The van der Waals surface area contributed by atoms with Crippen LogP contribution in [0.15, 0.2) is 53.3 Å². The van der Waals surface area contributed by atoms with Gasteiger partial charge >= 0.3 is 5.97 Å². The SMILES string of the molecule is COc1cc(/C=C/C(=O)OCc2nc3ccccc3c(=O)n2CC#N)ccc1O. The number of phenolic OH excluding ortho intramolecular Hbond substituents is 1. The molecule has 3 rings (SSSR count). The highest BCUT2D eigenvalue weighted by Crippen LogP contribution is 2.26. The Morgan fingerprint density at radius 2 is 2.10 bits per heavy atom. The highest BCUT2D eigenvalue weighted by molar-refractivity contribution is 5.87. The highest BCUT2D eigenvalue weighted by atomic mass is 16.5. The first-order chi connectivity index (χ1) is 14.0. The molecule has 0 atom stereocenters. The fourth-order valence-corrected chi connectivity index (χ4v) is 2.70. The lowest BCUT2D eigenvalue weighted by Gasteiger charge is -2.10. The average Bonchev–Trinajstić information content (AvgIpc) is 2.74. The molecule has 3 aromatic rings. The molecule has 146 valence electrons. The van der Waals surface area contributed by atoms with E-state index in [-0.39, 0.29) is 36.0 Å². The van der Waals surface area contributed by atoms with Crippen molar-refractivity contribution in [2.45, 2.75) is 13.2 Å². The summed E-state index contributed by atoms with van der Waals surface area (Å²) in [5, 5.41) is 19.0. The topological polar surface area (TPSA) is 114 Å². The van der Waals surface area contributed by atoms with Gasteiger partial charge in [-0.25, -0.2) is 9.78 Å². The molecule has 0 bridgehead atoms. The quantitative estimate of drug-likeness (QED) is 0.507. The molecular weight excluding hydrogens is 374 g/mol. The van der Waals surface area contributed by atoms with Crippen LogP contribution >= 0.6 is 0 Å². The molecular formula is C21H17N3O5. The Labute approximate surface area is 165 Å². The number of hydrogen-bond acceptors (Lipinski definition) is 7. The van der Waals surface area contributed by atoms with Crippen molar-refractivity contribution in [2.75, 3.05) is 7.11 Å². The van der Waals surface area contributed by atoms with Crippen molar-refractivity contribution in [1.82, 2.24) is 9.55 Å². The summed E-state index contributed by atoms with van der Waals surface area (Å²) in [6.45, 7) is -0.462. The van der Waals surface area contributed by atoms with Gasteiger partial charge in [0.1, 0.15) is 13.2 Å². The van der Waals surface area contributed by atoms with Gasteiger partial charge in [0.2, 0.25) is 0 Å². The van der Waals surface area contributed by atoms with Crippen LogP contribution in [0.1, 0.15) is 11.4 Å². The Bertz CT molecular complexity index is 1190. The summed E-state index contributed by atoms with van der Waals surface area (Å²) in [4.78, 5) is 29.0. The number of rotatable bonds is 6. The lowest BCUT2D eigenvalue weighted by Crippen LogP contribution is -2.26. The molecule has 1 N–H and O–H groups in total. The Hall–Kier alpha value is -4.12. The van der Waals surface area contributed by atoms with Crippen molar-refractivity contribution in [1.29, 1.82) is 5.26 Å². The Balaban J connectivity index is 1.78. The lowest BCUT2D eigenvalue weighted by atomic mass is 10.2. The first-order valence-corrected chi connectivity index (χ1v) is 8.60. The van der Waals surface area contributed by atoms with E-state index in [0.29, 0.717) is 16.5 Å². The van der Waals surface area contributed by atoms with Crippen LogP contribution in [0.5, 0.6) is 11.5 Å². The van der Waals surface area contributed by atoms with E-state index in [9.17, 15) is 14.7 Å². The number of aromatic nitrogens is 2. The van der Waals surface area contributed by atoms with Gasteiger partial charge in [0.25, 0.3) is 5.56 Å². The number of nitriles is 1. The number of benzene rings is 2. The van der Waals surface area contributed by atoms with Crippen LogP contribution in [0.4, 0.5) is 0 Å². The smallest absolute Gasteiger partial charge is 0.331 e. The molecule has 8 heteroatoms. The minimum Gasteiger partial charge on any atom is -0.504 e. The standard InChI is InChI=1S/C21H17N3O5/c1-28-18-12-14(6-8-17(18)25)7-9-20(26)29-13-19-23-16-5-3-2-4-15(16)21(27)24(19)11-10-22/h2-9,12,25H,11,13H2,1H3/b9-7+. The normalized spacial score (nSPS) is 10.8. The van der Waals surface area contributed by atoms with Crippen LogP contribution < -0.4 is 10.3 Å². The molecule has 8 nitrogen and oxygen atoms in total. The van der Waals surface area contributed by atoms with Gasteiger partial charge in [0.15, 0.2) is 17.3 Å². The van der Waals surface area contributed by atoms with Crippen LogP contribution in [-0.4, -0.2) is 27.7 Å². The van der Waals surface area contributed by atoms with Gasteiger partial charge in [-0.05, 0) is 35.9 Å². The largest absolute Gasteiger partial charge is 0.504 e. The fraction of sp³-hybridized carbons (Fsp3) is 0.143. The number of ether oxygens (including phenoxy) is 2. The number of para-hydroxylation sites is 1. The molecule has 0 fully saturated rings. The van der Waals surface area contributed by atoms with Crippen molar-refractivity contribution >= 4 is 22.9 Å². The first kappa shape index (κ1) is 19.6. The van der Waals surface area contributed by atoms with E-state index in [2.05, 4.69) is 4.98 Å². The van der Waals surface area contributed by atoms with Crippen molar-refractivity contribution in [3.63, 3.8) is 0 Å². The summed E-state index contributed by atoms with van der Waals surface area (Å²) in [5.41, 5.74) is 0.723. The van der Waals surface area contributed by atoms with Crippen molar-refractivity contribution < 1.29 is 19.4 Å². The van der Waals surface area contributed by atoms with E-state index in [1.807, 2.05) is 6.07 Å². The van der Waals surface area contributed by atoms with Gasteiger partial charge in [-0.15, -0.1) is 0 Å². The molecule has 29 heavy (non-hydrogen) atoms. The maximum absolute atomic E-state index is 12.6. The summed E-state index contributed by atoms with van der Waals surface area (Å²) in [5.74, 6) is -0.197. The molecule has 1 aromatic heterocycles. The first-order valence-electron chi connectivity index (χ1n) is 8.60. The monoisotopic (exact) mass is 391 g/mol. The minimum absolute atomic E-state index is 0.00920. The number of esters is 1. The lowest BCUT2D eigenvalue weighted by molar-refractivity contribution is -0.139. The van der Waals surface area contributed by atoms with Crippen LogP contribution in [-0.2, 0) is 22.7 Å². The Morgan fingerprint density at radius 3 is 2.86 bits per heavy atom. The van der Waals surface area contributed by atoms with E-state index in [1.54, 1.807) is 36.4 Å². The van der Waals surface area contributed by atoms with Crippen molar-refractivity contribution in [2.24, 2.45) is 0 Å². The zero-order valence-corrected chi connectivity index (χ0v) is 15.5. The molecule has 1 heterocycles. The van der Waals surface area contributed by atoms with Crippen LogP contribution in [0, 0.1) is 11.3 Å². The van der Waals surface area contributed by atoms with Crippen LogP contribution in [0.2, 0.25) is 0 Å². The molecule has 0 saturated carbocycles. The molecule has 0 aliphatic rings. The van der Waals surface area contributed by atoms with Gasteiger partial charge in [-0.1, -0.05) is 18.2 Å². The van der Waals surface area contributed by atoms with E-state index >= 15 is 0 Å². The molecule has 0 spiro atoms. The number of aromatic hydroxyl groups is 1. The van der Waals surface area contributed by atoms with Gasteiger partial charge < -0.3 is 14.6 Å². The number of carbonyl (C=O) groups excluding carboxylic acids is 1. The maximum atomic E-state index is 12.6. The third kappa shape index (κ3) is 4.42. The van der Waals surface area contributed by atoms with E-state index in [1.165, 1.54) is 29.9 Å². The minimum atomic E-state index is -0.650. The zero-order chi connectivity index (χ0) is 20.8. The summed E-state index contributed by atoms with van der Waals surface area (Å²) in [6.07, 6.45) is 2.71. The number of nitrogens with zero attached hydrogens (tertiary/aromatic N) is 3. The third-order valence-corrected chi connectivity index (χ3v) is 4.13.